The van der Waals surface area contributed by atoms with E-state index in [1.54, 1.807) is 27.8 Å². The van der Waals surface area contributed by atoms with Gasteiger partial charge in [-0.1, -0.05) is 58.8 Å². The number of tetrazole rings is 1. The van der Waals surface area contributed by atoms with E-state index in [0.717, 1.165) is 15.8 Å². The predicted octanol–water partition coefficient (Wildman–Crippen LogP) is -0.142. The Hall–Kier alpha value is -4.41. The highest BCUT2D eigenvalue weighted by atomic mass is 35.5. The van der Waals surface area contributed by atoms with E-state index in [1.165, 1.54) is 11.3 Å². The minimum Gasteiger partial charge on any atom is -1.00 e. The molecule has 3 aromatic heterocycles. The standard InChI is InChI=1S/C24H15N7O2S.ClH/c32-22-17-12-11-16(14-18(17)23(33)27-26-22)30-28-21(13-10-15-6-2-1-3-7-15)29-31(30)24-25-19-8-4-5-9-20(19)34-24;/h1-14H,(H,28,29);1H/b13-10+;. The van der Waals surface area contributed by atoms with Crippen LogP contribution in [-0.2, 0) is 0 Å². The van der Waals surface area contributed by atoms with E-state index < -0.39 is 5.56 Å². The lowest BCUT2D eigenvalue weighted by molar-refractivity contribution is -0.734. The van der Waals surface area contributed by atoms with E-state index in [9.17, 15) is 9.59 Å². The van der Waals surface area contributed by atoms with Crippen LogP contribution >= 0.6 is 11.3 Å². The first-order valence-corrected chi connectivity index (χ1v) is 11.2. The van der Waals surface area contributed by atoms with Gasteiger partial charge in [0.2, 0.25) is 0 Å². The number of aromatic nitrogens is 7. The van der Waals surface area contributed by atoms with E-state index in [1.807, 2.05) is 66.7 Å². The molecule has 6 aromatic rings. The van der Waals surface area contributed by atoms with Crippen LogP contribution in [0.2, 0.25) is 0 Å². The summed E-state index contributed by atoms with van der Waals surface area (Å²) in [6, 6.07) is 22.6. The summed E-state index contributed by atoms with van der Waals surface area (Å²) in [4.78, 5) is 32.3. The summed E-state index contributed by atoms with van der Waals surface area (Å²) in [5, 5.41) is 15.2. The second-order valence-electron chi connectivity index (χ2n) is 7.48. The zero-order chi connectivity index (χ0) is 23.1. The minimum atomic E-state index is -0.396. The van der Waals surface area contributed by atoms with Gasteiger partial charge < -0.3 is 12.4 Å². The summed E-state index contributed by atoms with van der Waals surface area (Å²) in [6.07, 6.45) is 3.74. The van der Waals surface area contributed by atoms with Crippen LogP contribution in [0.25, 0.3) is 44.0 Å². The number of thiazole rings is 1. The van der Waals surface area contributed by atoms with Crippen molar-refractivity contribution in [3.8, 4) is 10.8 Å². The predicted molar refractivity (Wildman–Crippen MR) is 130 cm³/mol. The molecule has 0 unspecified atom stereocenters. The van der Waals surface area contributed by atoms with Crippen molar-refractivity contribution in [2.45, 2.75) is 0 Å². The number of hydrogen-bond acceptors (Lipinski definition) is 6. The maximum Gasteiger partial charge on any atom is 0.365 e. The van der Waals surface area contributed by atoms with E-state index in [4.69, 9.17) is 4.98 Å². The number of benzene rings is 3. The van der Waals surface area contributed by atoms with Gasteiger partial charge in [-0.15, -0.1) is 0 Å². The number of aromatic amines is 2. The maximum atomic E-state index is 12.4. The molecule has 9 nitrogen and oxygen atoms in total. The molecule has 0 bridgehead atoms. The van der Waals surface area contributed by atoms with Crippen molar-refractivity contribution >= 4 is 44.5 Å². The summed E-state index contributed by atoms with van der Waals surface area (Å²) < 4.78 is 1.02. The SMILES string of the molecule is O=c1[nH][nH]c(=O)c2cc(-n3nc(/C=C/c4ccccc4)n[n+]3-c3nc4ccccc4s3)ccc12.[Cl-]. The number of nitrogens with zero attached hydrogens (tertiary/aromatic N) is 5. The lowest BCUT2D eigenvalue weighted by atomic mass is 10.2. The molecule has 0 radical (unpaired) electrons. The molecule has 0 saturated heterocycles. The molecule has 0 amide bonds. The van der Waals surface area contributed by atoms with E-state index in [2.05, 4.69) is 20.4 Å². The van der Waals surface area contributed by atoms with Crippen molar-refractivity contribution in [1.82, 2.24) is 30.2 Å². The molecule has 3 aromatic carbocycles. The van der Waals surface area contributed by atoms with Crippen LogP contribution in [0, 0.1) is 0 Å². The fourth-order valence-electron chi connectivity index (χ4n) is 3.63. The quantitative estimate of drug-likeness (QED) is 0.326. The first kappa shape index (κ1) is 22.4. The van der Waals surface area contributed by atoms with Gasteiger partial charge in [0.05, 0.1) is 15.5 Å². The molecular formula is C24H16ClN7O2S. The first-order chi connectivity index (χ1) is 16.7. The van der Waals surface area contributed by atoms with Crippen LogP contribution in [-0.4, -0.2) is 30.2 Å². The Morgan fingerprint density at radius 3 is 2.40 bits per heavy atom. The van der Waals surface area contributed by atoms with Gasteiger partial charge in [-0.2, -0.15) is 0 Å². The Morgan fingerprint density at radius 1 is 0.857 bits per heavy atom. The highest BCUT2D eigenvalue weighted by molar-refractivity contribution is 7.20. The zero-order valence-electron chi connectivity index (χ0n) is 17.9. The van der Waals surface area contributed by atoms with E-state index in [0.29, 0.717) is 22.0 Å². The van der Waals surface area contributed by atoms with Crippen LogP contribution in [0.1, 0.15) is 11.4 Å². The van der Waals surface area contributed by atoms with Gasteiger partial charge >= 0.3 is 5.13 Å². The Morgan fingerprint density at radius 2 is 1.60 bits per heavy atom. The molecule has 6 rings (SSSR count). The number of fused-ring (bicyclic) bond motifs is 2. The molecule has 3 heterocycles. The van der Waals surface area contributed by atoms with Crippen molar-refractivity contribution in [2.24, 2.45) is 0 Å². The molecule has 0 spiro atoms. The Labute approximate surface area is 207 Å². The van der Waals surface area contributed by atoms with Crippen molar-refractivity contribution < 1.29 is 17.2 Å². The maximum absolute atomic E-state index is 12.4. The molecule has 0 saturated carbocycles. The number of para-hydroxylation sites is 1. The smallest absolute Gasteiger partial charge is 0.365 e. The minimum absolute atomic E-state index is 0. The third kappa shape index (κ3) is 4.16. The Kier molecular flexibility index (Phi) is 5.81. The summed E-state index contributed by atoms with van der Waals surface area (Å²) >= 11 is 1.48. The van der Waals surface area contributed by atoms with E-state index in [-0.39, 0.29) is 23.4 Å². The summed E-state index contributed by atoms with van der Waals surface area (Å²) in [6.45, 7) is 0. The average molecular weight is 502 g/mol. The third-order valence-corrected chi connectivity index (χ3v) is 6.27. The molecule has 0 atom stereocenters. The molecule has 2 N–H and O–H groups in total. The molecular weight excluding hydrogens is 486 g/mol. The lowest BCUT2D eigenvalue weighted by Crippen LogP contribution is -3.00. The largest absolute Gasteiger partial charge is 1.00 e. The fraction of sp³-hybridized carbons (Fsp3) is 0. The van der Waals surface area contributed by atoms with Crippen LogP contribution in [0.4, 0.5) is 0 Å². The summed E-state index contributed by atoms with van der Waals surface area (Å²) in [7, 11) is 0. The molecule has 172 valence electrons. The lowest BCUT2D eigenvalue weighted by Gasteiger charge is -2.01. The third-order valence-electron chi connectivity index (χ3n) is 5.26. The summed E-state index contributed by atoms with van der Waals surface area (Å²) in [5.74, 6) is 0.461. The first-order valence-electron chi connectivity index (χ1n) is 10.4. The van der Waals surface area contributed by atoms with Crippen molar-refractivity contribution in [3.63, 3.8) is 0 Å². The van der Waals surface area contributed by atoms with Gasteiger partial charge in [0.15, 0.2) is 5.52 Å². The second-order valence-corrected chi connectivity index (χ2v) is 8.49. The molecule has 0 aliphatic rings. The fourth-order valence-corrected chi connectivity index (χ4v) is 4.53. The van der Waals surface area contributed by atoms with Gasteiger partial charge in [0.25, 0.3) is 16.9 Å². The van der Waals surface area contributed by atoms with Crippen LogP contribution < -0.4 is 28.3 Å². The Bertz CT molecular complexity index is 1790. The zero-order valence-corrected chi connectivity index (χ0v) is 19.5. The van der Waals surface area contributed by atoms with Gasteiger partial charge in [-0.3, -0.25) is 19.8 Å². The normalized spacial score (nSPS) is 11.3. The van der Waals surface area contributed by atoms with Crippen LogP contribution in [0.3, 0.4) is 0 Å². The highest BCUT2D eigenvalue weighted by Crippen LogP contribution is 2.22. The molecule has 0 aliphatic heterocycles. The number of halogens is 1. The van der Waals surface area contributed by atoms with Gasteiger partial charge in [-0.05, 0) is 56.7 Å². The van der Waals surface area contributed by atoms with Gasteiger partial charge in [0, 0.05) is 11.2 Å². The monoisotopic (exact) mass is 501 g/mol. The van der Waals surface area contributed by atoms with Crippen LogP contribution in [0.15, 0.2) is 82.4 Å². The number of H-pyrrole nitrogens is 2. The van der Waals surface area contributed by atoms with Gasteiger partial charge in [0.1, 0.15) is 5.69 Å². The molecule has 0 aliphatic carbocycles. The van der Waals surface area contributed by atoms with E-state index >= 15 is 0 Å². The van der Waals surface area contributed by atoms with Crippen LogP contribution in [0.5, 0.6) is 0 Å². The molecule has 0 fully saturated rings. The number of nitrogens with one attached hydrogen (secondary N) is 2. The number of hydrogen-bond donors (Lipinski definition) is 2. The summed E-state index contributed by atoms with van der Waals surface area (Å²) in [5.41, 5.74) is 1.67. The number of rotatable bonds is 4. The molecule has 35 heavy (non-hydrogen) atoms. The second kappa shape index (κ2) is 9.09. The molecule has 11 heteroatoms. The topological polar surface area (TPSA) is 113 Å². The van der Waals surface area contributed by atoms with Crippen molar-refractivity contribution in [2.75, 3.05) is 0 Å². The average Bonchev–Trinajstić information content (AvgIpc) is 3.50. The van der Waals surface area contributed by atoms with Gasteiger partial charge in [-0.25, -0.2) is 0 Å². The van der Waals surface area contributed by atoms with Crippen molar-refractivity contribution in [1.29, 1.82) is 0 Å². The Balaban J connectivity index is 0.00000253. The van der Waals surface area contributed by atoms with Crippen molar-refractivity contribution in [3.05, 3.63) is 105 Å². The highest BCUT2D eigenvalue weighted by Gasteiger charge is 2.23.